The molecule has 1 N–H and O–H groups in total. The molecule has 0 aliphatic carbocycles. The monoisotopic (exact) mass is 361 g/mol. The van der Waals surface area contributed by atoms with Crippen molar-refractivity contribution < 1.29 is 4.79 Å². The second-order valence-corrected chi connectivity index (χ2v) is 8.50. The molecular weight excluding hydrogens is 334 g/mol. The van der Waals surface area contributed by atoms with Crippen LogP contribution in [-0.2, 0) is 7.05 Å². The Labute approximate surface area is 152 Å². The summed E-state index contributed by atoms with van der Waals surface area (Å²) in [6, 6.07) is 2.58. The molecule has 2 fully saturated rings. The number of hydrogen-bond acceptors (Lipinski definition) is 5. The third-order valence-corrected chi connectivity index (χ3v) is 6.61. The van der Waals surface area contributed by atoms with Crippen LogP contribution in [0.25, 0.3) is 10.2 Å². The van der Waals surface area contributed by atoms with E-state index in [9.17, 15) is 4.79 Å². The van der Waals surface area contributed by atoms with E-state index in [1.54, 1.807) is 11.3 Å². The van der Waals surface area contributed by atoms with Gasteiger partial charge in [-0.05, 0) is 18.4 Å². The highest BCUT2D eigenvalue weighted by Gasteiger charge is 2.32. The van der Waals surface area contributed by atoms with Crippen molar-refractivity contribution in [3.63, 3.8) is 0 Å². The van der Waals surface area contributed by atoms with E-state index >= 15 is 0 Å². The maximum atomic E-state index is 13.0. The van der Waals surface area contributed by atoms with Crippen molar-refractivity contribution in [2.24, 2.45) is 7.05 Å². The second-order valence-electron chi connectivity index (χ2n) is 7.47. The van der Waals surface area contributed by atoms with Gasteiger partial charge in [0.2, 0.25) is 0 Å². The van der Waals surface area contributed by atoms with Crippen LogP contribution in [0.4, 0.5) is 0 Å². The first kappa shape index (κ1) is 17.0. The molecule has 2 aromatic heterocycles. The zero-order chi connectivity index (χ0) is 17.6. The number of fused-ring (bicyclic) bond motifs is 1. The summed E-state index contributed by atoms with van der Waals surface area (Å²) in [5, 5.41) is 9.15. The number of carbonyl (C=O) groups is 1. The molecule has 0 spiro atoms. The van der Waals surface area contributed by atoms with Crippen molar-refractivity contribution in [2.45, 2.75) is 32.2 Å². The van der Waals surface area contributed by atoms with Gasteiger partial charge < -0.3 is 10.2 Å². The van der Waals surface area contributed by atoms with Crippen LogP contribution in [-0.4, -0.2) is 70.8 Å². The average Bonchev–Trinajstić information content (AvgIpc) is 3.31. The molecule has 1 unspecified atom stereocenters. The lowest BCUT2D eigenvalue weighted by Gasteiger charge is -2.32. The maximum Gasteiger partial charge on any atom is 0.264 e. The summed E-state index contributed by atoms with van der Waals surface area (Å²) in [6.07, 6.45) is 1.09. The van der Waals surface area contributed by atoms with Crippen LogP contribution in [0.1, 0.15) is 41.6 Å². The molecular formula is C18H27N5OS. The second kappa shape index (κ2) is 6.70. The smallest absolute Gasteiger partial charge is 0.264 e. The minimum Gasteiger partial charge on any atom is -0.336 e. The van der Waals surface area contributed by atoms with Crippen molar-refractivity contribution in [3.05, 3.63) is 16.6 Å². The number of carbonyl (C=O) groups excluding carboxylic acids is 1. The van der Waals surface area contributed by atoms with Gasteiger partial charge >= 0.3 is 0 Å². The summed E-state index contributed by atoms with van der Waals surface area (Å²) in [5.74, 6) is 0.554. The van der Waals surface area contributed by atoms with E-state index in [1.165, 1.54) is 0 Å². The van der Waals surface area contributed by atoms with E-state index in [0.717, 1.165) is 66.5 Å². The van der Waals surface area contributed by atoms with Crippen molar-refractivity contribution in [1.29, 1.82) is 0 Å². The van der Waals surface area contributed by atoms with Crippen LogP contribution in [0.3, 0.4) is 0 Å². The van der Waals surface area contributed by atoms with Gasteiger partial charge in [-0.3, -0.25) is 14.4 Å². The number of amides is 1. The van der Waals surface area contributed by atoms with Crippen molar-refractivity contribution in [2.75, 3.05) is 39.3 Å². The standard InChI is InChI=1S/C18H27N5OS/c1-12(2)16-14-10-15(25-18(14)21(3)20-16)17(24)23-7-4-13(11-23)22-8-5-19-6-9-22/h10,12-13,19H,4-9,11H2,1-3H3. The van der Waals surface area contributed by atoms with Crippen LogP contribution < -0.4 is 5.32 Å². The van der Waals surface area contributed by atoms with Gasteiger partial charge in [-0.15, -0.1) is 11.3 Å². The Bertz CT molecular complexity index is 774. The van der Waals surface area contributed by atoms with Gasteiger partial charge in [0, 0.05) is 57.7 Å². The molecule has 0 bridgehead atoms. The molecule has 6 nitrogen and oxygen atoms in total. The number of nitrogens with zero attached hydrogens (tertiary/aromatic N) is 4. The number of thiophene rings is 1. The largest absolute Gasteiger partial charge is 0.336 e. The van der Waals surface area contributed by atoms with E-state index in [4.69, 9.17) is 0 Å². The first-order valence-electron chi connectivity index (χ1n) is 9.25. The number of likely N-dealkylation sites (tertiary alicyclic amines) is 1. The third-order valence-electron chi connectivity index (χ3n) is 5.42. The van der Waals surface area contributed by atoms with Gasteiger partial charge in [-0.25, -0.2) is 0 Å². The highest BCUT2D eigenvalue weighted by atomic mass is 32.1. The molecule has 1 amide bonds. The molecule has 2 aliphatic heterocycles. The molecule has 2 aliphatic rings. The Balaban J connectivity index is 1.51. The normalized spacial score (nSPS) is 22.4. The van der Waals surface area contributed by atoms with Gasteiger partial charge in [-0.1, -0.05) is 13.8 Å². The molecule has 0 saturated carbocycles. The molecule has 0 aromatic carbocycles. The van der Waals surface area contributed by atoms with Crippen LogP contribution >= 0.6 is 11.3 Å². The Morgan fingerprint density at radius 3 is 2.80 bits per heavy atom. The summed E-state index contributed by atoms with van der Waals surface area (Å²) in [5.41, 5.74) is 1.09. The molecule has 1 atom stereocenters. The van der Waals surface area contributed by atoms with Crippen molar-refractivity contribution >= 4 is 27.5 Å². The highest BCUT2D eigenvalue weighted by molar-refractivity contribution is 7.20. The summed E-state index contributed by atoms with van der Waals surface area (Å²) >= 11 is 1.58. The maximum absolute atomic E-state index is 13.0. The number of aromatic nitrogens is 2. The Kier molecular flexibility index (Phi) is 4.56. The first-order chi connectivity index (χ1) is 12.0. The summed E-state index contributed by atoms with van der Waals surface area (Å²) in [6.45, 7) is 10.4. The predicted octanol–water partition coefficient (Wildman–Crippen LogP) is 1.88. The van der Waals surface area contributed by atoms with Gasteiger partial charge in [-0.2, -0.15) is 5.10 Å². The topological polar surface area (TPSA) is 53.4 Å². The number of piperazine rings is 1. The Morgan fingerprint density at radius 2 is 2.08 bits per heavy atom. The number of hydrogen-bond donors (Lipinski definition) is 1. The average molecular weight is 362 g/mol. The number of nitrogens with one attached hydrogen (secondary N) is 1. The minimum absolute atomic E-state index is 0.188. The molecule has 7 heteroatoms. The van der Waals surface area contributed by atoms with E-state index in [-0.39, 0.29) is 5.91 Å². The minimum atomic E-state index is 0.188. The summed E-state index contributed by atoms with van der Waals surface area (Å²) in [7, 11) is 1.97. The molecule has 2 aromatic rings. The van der Waals surface area contributed by atoms with E-state index < -0.39 is 0 Å². The molecule has 136 valence electrons. The van der Waals surface area contributed by atoms with Crippen molar-refractivity contribution in [1.82, 2.24) is 24.9 Å². The zero-order valence-electron chi connectivity index (χ0n) is 15.3. The quantitative estimate of drug-likeness (QED) is 0.907. The van der Waals surface area contributed by atoms with E-state index in [1.807, 2.05) is 16.6 Å². The van der Waals surface area contributed by atoms with Gasteiger partial charge in [0.15, 0.2) is 0 Å². The first-order valence-corrected chi connectivity index (χ1v) is 10.1. The Morgan fingerprint density at radius 1 is 1.32 bits per heavy atom. The van der Waals surface area contributed by atoms with E-state index in [2.05, 4.69) is 35.2 Å². The molecule has 4 heterocycles. The summed E-state index contributed by atoms with van der Waals surface area (Å²) < 4.78 is 1.92. The fraction of sp³-hybridized carbons (Fsp3) is 0.667. The van der Waals surface area contributed by atoms with Gasteiger partial charge in [0.1, 0.15) is 4.83 Å². The zero-order valence-corrected chi connectivity index (χ0v) is 16.1. The number of aryl methyl sites for hydroxylation is 1. The highest BCUT2D eigenvalue weighted by Crippen LogP contribution is 2.32. The van der Waals surface area contributed by atoms with Crippen LogP contribution in [0.5, 0.6) is 0 Å². The van der Waals surface area contributed by atoms with Crippen LogP contribution in [0.15, 0.2) is 6.07 Å². The fourth-order valence-electron chi connectivity index (χ4n) is 4.03. The van der Waals surface area contributed by atoms with Crippen LogP contribution in [0.2, 0.25) is 0 Å². The summed E-state index contributed by atoms with van der Waals surface area (Å²) in [4.78, 5) is 19.5. The molecule has 0 radical (unpaired) electrons. The van der Waals surface area contributed by atoms with Crippen molar-refractivity contribution in [3.8, 4) is 0 Å². The third kappa shape index (κ3) is 3.09. The SMILES string of the molecule is CC(C)c1nn(C)c2sc(C(=O)N3CCC(N4CCNCC4)C3)cc12. The Hall–Kier alpha value is -1.44. The fourth-order valence-corrected chi connectivity index (χ4v) is 5.07. The lowest BCUT2D eigenvalue weighted by atomic mass is 10.1. The lowest BCUT2D eigenvalue weighted by molar-refractivity contribution is 0.0778. The lowest BCUT2D eigenvalue weighted by Crippen LogP contribution is -2.49. The molecule has 2 saturated heterocycles. The van der Waals surface area contributed by atoms with E-state index in [0.29, 0.717) is 12.0 Å². The number of rotatable bonds is 3. The molecule has 4 rings (SSSR count). The molecule has 25 heavy (non-hydrogen) atoms. The van der Waals surface area contributed by atoms with Gasteiger partial charge in [0.05, 0.1) is 10.6 Å². The predicted molar refractivity (Wildman–Crippen MR) is 101 cm³/mol. The van der Waals surface area contributed by atoms with Gasteiger partial charge in [0.25, 0.3) is 5.91 Å². The van der Waals surface area contributed by atoms with Crippen LogP contribution in [0, 0.1) is 0 Å².